The van der Waals surface area contributed by atoms with Gasteiger partial charge in [-0.15, -0.1) is 0 Å². The second-order valence-electron chi connectivity index (χ2n) is 6.87. The summed E-state index contributed by atoms with van der Waals surface area (Å²) in [6.07, 6.45) is 2.03. The number of aliphatic hydroxyl groups is 1. The largest absolute Gasteiger partial charge is 0.393 e. The van der Waals surface area contributed by atoms with Gasteiger partial charge >= 0.3 is 0 Å². The quantitative estimate of drug-likeness (QED) is 0.855. The molecule has 20 heavy (non-hydrogen) atoms. The molecule has 3 atom stereocenters. The van der Waals surface area contributed by atoms with Crippen LogP contribution >= 0.6 is 0 Å². The van der Waals surface area contributed by atoms with Crippen LogP contribution < -0.4 is 0 Å². The molecule has 3 heteroatoms. The molecule has 0 saturated heterocycles. The zero-order valence-corrected chi connectivity index (χ0v) is 12.7. The predicted octanol–water partition coefficient (Wildman–Crippen LogP) is 4.35. The van der Waals surface area contributed by atoms with E-state index in [0.717, 1.165) is 12.8 Å². The first-order chi connectivity index (χ1) is 9.25. The number of aryl methyl sites for hydroxylation is 1. The zero-order valence-electron chi connectivity index (χ0n) is 12.7. The van der Waals surface area contributed by atoms with Crippen LogP contribution in [0.2, 0.25) is 0 Å². The highest BCUT2D eigenvalue weighted by Gasteiger charge is 2.42. The van der Waals surface area contributed by atoms with Crippen molar-refractivity contribution in [3.8, 4) is 0 Å². The molecule has 1 fully saturated rings. The van der Waals surface area contributed by atoms with Crippen LogP contribution in [0, 0.1) is 30.4 Å². The summed E-state index contributed by atoms with van der Waals surface area (Å²) in [6, 6.07) is 2.79. The summed E-state index contributed by atoms with van der Waals surface area (Å²) >= 11 is 0. The minimum Gasteiger partial charge on any atom is -0.393 e. The Balaban J connectivity index is 2.42. The molecule has 0 aromatic heterocycles. The summed E-state index contributed by atoms with van der Waals surface area (Å²) in [5, 5.41) is 10.3. The van der Waals surface area contributed by atoms with Crippen molar-refractivity contribution in [2.75, 3.05) is 0 Å². The monoisotopic (exact) mass is 282 g/mol. The first-order valence-electron chi connectivity index (χ1n) is 7.38. The Morgan fingerprint density at radius 3 is 2.45 bits per heavy atom. The van der Waals surface area contributed by atoms with Crippen molar-refractivity contribution in [2.45, 2.75) is 58.5 Å². The first kappa shape index (κ1) is 15.4. The average Bonchev–Trinajstić information content (AvgIpc) is 2.33. The molecule has 1 N–H and O–H groups in total. The van der Waals surface area contributed by atoms with Gasteiger partial charge in [0.05, 0.1) is 6.10 Å². The minimum atomic E-state index is -0.709. The molecule has 0 aliphatic heterocycles. The van der Waals surface area contributed by atoms with Crippen molar-refractivity contribution >= 4 is 0 Å². The fraction of sp³-hybridized carbons (Fsp3) is 0.647. The van der Waals surface area contributed by atoms with Gasteiger partial charge in [-0.2, -0.15) is 0 Å². The van der Waals surface area contributed by atoms with Crippen LogP contribution in [0.25, 0.3) is 0 Å². The third-order valence-electron chi connectivity index (χ3n) is 4.93. The highest BCUT2D eigenvalue weighted by Crippen LogP contribution is 2.44. The molecule has 0 heterocycles. The first-order valence-corrected chi connectivity index (χ1v) is 7.38. The Labute approximate surface area is 120 Å². The minimum absolute atomic E-state index is 0.107. The number of aliphatic hydroxyl groups excluding tert-OH is 1. The van der Waals surface area contributed by atoms with Gasteiger partial charge < -0.3 is 5.11 Å². The van der Waals surface area contributed by atoms with Crippen molar-refractivity contribution in [1.29, 1.82) is 0 Å². The molecule has 1 aliphatic rings. The highest BCUT2D eigenvalue weighted by atomic mass is 19.1. The lowest BCUT2D eigenvalue weighted by atomic mass is 9.64. The van der Waals surface area contributed by atoms with E-state index in [4.69, 9.17) is 0 Å². The lowest BCUT2D eigenvalue weighted by molar-refractivity contribution is 0.0126. The van der Waals surface area contributed by atoms with Crippen LogP contribution in [0.3, 0.4) is 0 Å². The van der Waals surface area contributed by atoms with Crippen LogP contribution in [-0.2, 0) is 5.41 Å². The van der Waals surface area contributed by atoms with E-state index >= 15 is 0 Å². The van der Waals surface area contributed by atoms with Gasteiger partial charge in [-0.25, -0.2) is 8.78 Å². The molecule has 1 aromatic carbocycles. The molecule has 1 aromatic rings. The number of hydrogen-bond donors (Lipinski definition) is 1. The molecule has 0 amide bonds. The van der Waals surface area contributed by atoms with E-state index in [9.17, 15) is 13.9 Å². The van der Waals surface area contributed by atoms with Crippen molar-refractivity contribution in [2.24, 2.45) is 11.8 Å². The van der Waals surface area contributed by atoms with Crippen LogP contribution in [-0.4, -0.2) is 11.2 Å². The summed E-state index contributed by atoms with van der Waals surface area (Å²) in [5.41, 5.74) is -0.135. The Kier molecular flexibility index (Phi) is 4.19. The second kappa shape index (κ2) is 5.44. The Morgan fingerprint density at radius 2 is 1.85 bits per heavy atom. The fourth-order valence-corrected chi connectivity index (χ4v) is 3.63. The predicted molar refractivity (Wildman–Crippen MR) is 76.6 cm³/mol. The van der Waals surface area contributed by atoms with E-state index in [1.165, 1.54) is 12.1 Å². The van der Waals surface area contributed by atoms with Gasteiger partial charge in [0, 0.05) is 11.0 Å². The molecular weight excluding hydrogens is 258 g/mol. The molecule has 1 aliphatic carbocycles. The normalized spacial score (nSPS) is 27.6. The summed E-state index contributed by atoms with van der Waals surface area (Å²) < 4.78 is 28.6. The van der Waals surface area contributed by atoms with E-state index in [1.807, 2.05) is 13.8 Å². The van der Waals surface area contributed by atoms with Crippen LogP contribution in [0.15, 0.2) is 12.1 Å². The third-order valence-corrected chi connectivity index (χ3v) is 4.93. The molecule has 112 valence electrons. The van der Waals surface area contributed by atoms with E-state index in [2.05, 4.69) is 6.92 Å². The van der Waals surface area contributed by atoms with Gasteiger partial charge in [0.25, 0.3) is 0 Å². The number of halogens is 2. The Bertz CT molecular complexity index is 496. The van der Waals surface area contributed by atoms with E-state index in [-0.39, 0.29) is 11.5 Å². The molecule has 0 radical (unpaired) electrons. The molecular formula is C17H24F2O. The highest BCUT2D eigenvalue weighted by molar-refractivity contribution is 5.33. The average molecular weight is 282 g/mol. The summed E-state index contributed by atoms with van der Waals surface area (Å²) in [4.78, 5) is 0. The van der Waals surface area contributed by atoms with Crippen molar-refractivity contribution in [3.63, 3.8) is 0 Å². The van der Waals surface area contributed by atoms with Gasteiger partial charge in [-0.3, -0.25) is 0 Å². The van der Waals surface area contributed by atoms with Crippen LogP contribution in [0.1, 0.15) is 51.2 Å². The number of benzene rings is 1. The molecule has 0 spiro atoms. The van der Waals surface area contributed by atoms with E-state index < -0.39 is 23.2 Å². The number of rotatable bonds is 2. The summed E-state index contributed by atoms with van der Waals surface area (Å²) in [5.74, 6) is -0.613. The van der Waals surface area contributed by atoms with Gasteiger partial charge in [-0.1, -0.05) is 33.3 Å². The van der Waals surface area contributed by atoms with Crippen molar-refractivity contribution in [3.05, 3.63) is 34.9 Å². The molecule has 2 rings (SSSR count). The smallest absolute Gasteiger partial charge is 0.132 e. The standard InChI is InChI=1S/C17H24F2O/c1-10-5-7-12(14(20)9-10)17(3,4)15-13(18)8-6-11(2)16(15)19/h6,8,10,12,14,20H,5,7,9H2,1-4H3. The fourth-order valence-electron chi connectivity index (χ4n) is 3.63. The zero-order chi connectivity index (χ0) is 15.1. The topological polar surface area (TPSA) is 20.2 Å². The lowest BCUT2D eigenvalue weighted by Crippen LogP contribution is -2.42. The maximum absolute atomic E-state index is 14.4. The summed E-state index contributed by atoms with van der Waals surface area (Å²) in [6.45, 7) is 7.45. The second-order valence-corrected chi connectivity index (χ2v) is 6.87. The maximum Gasteiger partial charge on any atom is 0.132 e. The van der Waals surface area contributed by atoms with Gasteiger partial charge in [0.15, 0.2) is 0 Å². The van der Waals surface area contributed by atoms with Crippen molar-refractivity contribution in [1.82, 2.24) is 0 Å². The van der Waals surface area contributed by atoms with Crippen LogP contribution in [0.4, 0.5) is 8.78 Å². The molecule has 0 bridgehead atoms. The molecule has 1 saturated carbocycles. The van der Waals surface area contributed by atoms with Gasteiger partial charge in [0.2, 0.25) is 0 Å². The summed E-state index contributed by atoms with van der Waals surface area (Å²) in [7, 11) is 0. The van der Waals surface area contributed by atoms with E-state index in [0.29, 0.717) is 17.9 Å². The number of hydrogen-bond acceptors (Lipinski definition) is 1. The maximum atomic E-state index is 14.4. The third kappa shape index (κ3) is 2.60. The SMILES string of the molecule is Cc1ccc(F)c(C(C)(C)C2CCC(C)CC2O)c1F. The molecule has 3 unspecified atom stereocenters. The van der Waals surface area contributed by atoms with Gasteiger partial charge in [-0.05, 0) is 43.2 Å². The Morgan fingerprint density at radius 1 is 1.20 bits per heavy atom. The van der Waals surface area contributed by atoms with Crippen LogP contribution in [0.5, 0.6) is 0 Å². The Hall–Kier alpha value is -0.960. The lowest BCUT2D eigenvalue weighted by Gasteiger charge is -2.42. The van der Waals surface area contributed by atoms with Crippen molar-refractivity contribution < 1.29 is 13.9 Å². The van der Waals surface area contributed by atoms with E-state index in [1.54, 1.807) is 6.92 Å². The van der Waals surface area contributed by atoms with Gasteiger partial charge in [0.1, 0.15) is 11.6 Å². The molecule has 1 nitrogen and oxygen atoms in total.